The average molecular weight is 355 g/mol. The van der Waals surface area contributed by atoms with Crippen molar-refractivity contribution in [3.8, 4) is 5.75 Å². The fraction of sp³-hybridized carbons (Fsp3) is 0.647. The van der Waals surface area contributed by atoms with Gasteiger partial charge in [0.1, 0.15) is 5.75 Å². The zero-order chi connectivity index (χ0) is 17.2. The molecule has 2 aliphatic rings. The van der Waals surface area contributed by atoms with Crippen LogP contribution < -0.4 is 4.74 Å². The highest BCUT2D eigenvalue weighted by molar-refractivity contribution is 7.89. The largest absolute Gasteiger partial charge is 0.497 e. The van der Waals surface area contributed by atoms with Crippen molar-refractivity contribution in [1.82, 2.24) is 4.31 Å². The summed E-state index contributed by atoms with van der Waals surface area (Å²) in [6.45, 7) is 2.19. The minimum Gasteiger partial charge on any atom is -0.497 e. The molecule has 1 aromatic carbocycles. The van der Waals surface area contributed by atoms with Gasteiger partial charge in [-0.2, -0.15) is 4.31 Å². The first-order valence-electron chi connectivity index (χ1n) is 8.27. The molecular weight excluding hydrogens is 330 g/mol. The van der Waals surface area contributed by atoms with Crippen LogP contribution in [0, 0.1) is 5.41 Å². The Balaban J connectivity index is 1.85. The molecular formula is C17H25NO5S. The summed E-state index contributed by atoms with van der Waals surface area (Å²) in [5.74, 6) is 0.643. The van der Waals surface area contributed by atoms with Gasteiger partial charge in [0.05, 0.1) is 24.7 Å². The minimum atomic E-state index is -3.53. The Bertz CT molecular complexity index is 656. The molecule has 0 radical (unpaired) electrons. The molecule has 0 spiro atoms. The number of sulfonamides is 1. The maximum Gasteiger partial charge on any atom is 0.243 e. The molecule has 134 valence electrons. The monoisotopic (exact) mass is 355 g/mol. The van der Waals surface area contributed by atoms with Gasteiger partial charge < -0.3 is 14.2 Å². The van der Waals surface area contributed by atoms with Crippen molar-refractivity contribution >= 4 is 10.0 Å². The van der Waals surface area contributed by atoms with Gasteiger partial charge in [-0.15, -0.1) is 0 Å². The molecule has 0 saturated carbocycles. The number of fused-ring (bicyclic) bond motifs is 1. The SMILES string of the molecule is COCC12CCCOC1CCN(S(=O)(=O)c1ccc(OC)cc1)C2. The van der Waals surface area contributed by atoms with Crippen LogP contribution in [0.2, 0.25) is 0 Å². The lowest BCUT2D eigenvalue weighted by molar-refractivity contribution is -0.137. The molecule has 6 nitrogen and oxygen atoms in total. The number of nitrogens with zero attached hydrogens (tertiary/aromatic N) is 1. The molecule has 2 aliphatic heterocycles. The van der Waals surface area contributed by atoms with Crippen molar-refractivity contribution in [1.29, 1.82) is 0 Å². The van der Waals surface area contributed by atoms with Crippen LogP contribution in [0.3, 0.4) is 0 Å². The molecule has 7 heteroatoms. The summed E-state index contributed by atoms with van der Waals surface area (Å²) in [5.41, 5.74) is -0.245. The Morgan fingerprint density at radius 3 is 2.71 bits per heavy atom. The normalized spacial score (nSPS) is 28.3. The second-order valence-corrected chi connectivity index (χ2v) is 8.50. The standard InChI is InChI=1S/C17H25NO5S/c1-21-13-17-9-3-11-23-16(17)8-10-18(12-17)24(19,20)15-6-4-14(22-2)5-7-15/h4-7,16H,3,8-13H2,1-2H3. The molecule has 2 heterocycles. The summed E-state index contributed by atoms with van der Waals surface area (Å²) >= 11 is 0. The summed E-state index contributed by atoms with van der Waals surface area (Å²) in [6.07, 6.45) is 2.66. The second-order valence-electron chi connectivity index (χ2n) is 6.56. The molecule has 0 amide bonds. The quantitative estimate of drug-likeness (QED) is 0.807. The topological polar surface area (TPSA) is 65.1 Å². The van der Waals surface area contributed by atoms with Crippen molar-refractivity contribution in [3.63, 3.8) is 0 Å². The molecule has 0 aliphatic carbocycles. The third kappa shape index (κ3) is 3.18. The van der Waals surface area contributed by atoms with E-state index >= 15 is 0 Å². The first-order valence-corrected chi connectivity index (χ1v) is 9.71. The highest BCUT2D eigenvalue weighted by Crippen LogP contribution is 2.41. The molecule has 2 atom stereocenters. The molecule has 0 bridgehead atoms. The molecule has 1 aromatic rings. The Morgan fingerprint density at radius 1 is 1.29 bits per heavy atom. The maximum atomic E-state index is 13.0. The van der Waals surface area contributed by atoms with Crippen LogP contribution in [0.25, 0.3) is 0 Å². The highest BCUT2D eigenvalue weighted by Gasteiger charge is 2.48. The number of hydrogen-bond donors (Lipinski definition) is 0. The van der Waals surface area contributed by atoms with Crippen LogP contribution in [-0.4, -0.2) is 59.3 Å². The fourth-order valence-electron chi connectivity index (χ4n) is 3.85. The van der Waals surface area contributed by atoms with Crippen molar-refractivity contribution in [3.05, 3.63) is 24.3 Å². The van der Waals surface area contributed by atoms with E-state index in [4.69, 9.17) is 14.2 Å². The van der Waals surface area contributed by atoms with E-state index in [0.29, 0.717) is 36.8 Å². The van der Waals surface area contributed by atoms with Gasteiger partial charge in [0, 0.05) is 32.2 Å². The molecule has 2 fully saturated rings. The predicted octanol–water partition coefficient (Wildman–Crippen LogP) is 1.90. The molecule has 2 saturated heterocycles. The fourth-order valence-corrected chi connectivity index (χ4v) is 5.40. The minimum absolute atomic E-state index is 0.0773. The van der Waals surface area contributed by atoms with E-state index < -0.39 is 10.0 Å². The lowest BCUT2D eigenvalue weighted by Crippen LogP contribution is -2.57. The van der Waals surface area contributed by atoms with E-state index in [1.165, 1.54) is 0 Å². The first kappa shape index (κ1) is 17.7. The van der Waals surface area contributed by atoms with Gasteiger partial charge in [-0.1, -0.05) is 0 Å². The number of methoxy groups -OCH3 is 2. The van der Waals surface area contributed by atoms with Crippen LogP contribution >= 0.6 is 0 Å². The average Bonchev–Trinajstić information content (AvgIpc) is 2.61. The molecule has 3 rings (SSSR count). The van der Waals surface area contributed by atoms with Gasteiger partial charge >= 0.3 is 0 Å². The third-order valence-corrected chi connectivity index (χ3v) is 6.94. The first-order chi connectivity index (χ1) is 11.5. The Hall–Kier alpha value is -1.15. The van der Waals surface area contributed by atoms with E-state index in [2.05, 4.69) is 0 Å². The summed E-state index contributed by atoms with van der Waals surface area (Å²) in [5, 5.41) is 0. The predicted molar refractivity (Wildman–Crippen MR) is 89.7 cm³/mol. The number of benzene rings is 1. The number of ether oxygens (including phenoxy) is 3. The summed E-state index contributed by atoms with van der Waals surface area (Å²) in [6, 6.07) is 6.55. The van der Waals surface area contributed by atoms with E-state index in [0.717, 1.165) is 19.4 Å². The lowest BCUT2D eigenvalue weighted by atomic mass is 9.73. The Labute approximate surface area is 143 Å². The smallest absolute Gasteiger partial charge is 0.243 e. The van der Waals surface area contributed by atoms with Gasteiger partial charge in [-0.3, -0.25) is 0 Å². The summed E-state index contributed by atoms with van der Waals surface area (Å²) in [4.78, 5) is 0.297. The van der Waals surface area contributed by atoms with Crippen LogP contribution in [0.15, 0.2) is 29.2 Å². The molecule has 24 heavy (non-hydrogen) atoms. The van der Waals surface area contributed by atoms with E-state index in [1.807, 2.05) is 0 Å². The van der Waals surface area contributed by atoms with E-state index in [-0.39, 0.29) is 11.5 Å². The zero-order valence-corrected chi connectivity index (χ0v) is 15.0. The second kappa shape index (κ2) is 7.00. The van der Waals surface area contributed by atoms with Crippen LogP contribution in [0.5, 0.6) is 5.75 Å². The van der Waals surface area contributed by atoms with Gasteiger partial charge in [0.2, 0.25) is 10.0 Å². The van der Waals surface area contributed by atoms with Crippen molar-refractivity contribution in [2.75, 3.05) is 40.5 Å². The van der Waals surface area contributed by atoms with E-state index in [9.17, 15) is 8.42 Å². The van der Waals surface area contributed by atoms with Crippen LogP contribution in [-0.2, 0) is 19.5 Å². The maximum absolute atomic E-state index is 13.0. The molecule has 2 unspecified atom stereocenters. The third-order valence-electron chi connectivity index (χ3n) is 5.08. The Morgan fingerprint density at radius 2 is 2.04 bits per heavy atom. The van der Waals surface area contributed by atoms with E-state index in [1.54, 1.807) is 42.8 Å². The van der Waals surface area contributed by atoms with Gasteiger partial charge in [-0.25, -0.2) is 8.42 Å². The van der Waals surface area contributed by atoms with Crippen LogP contribution in [0.1, 0.15) is 19.3 Å². The van der Waals surface area contributed by atoms with Crippen LogP contribution in [0.4, 0.5) is 0 Å². The Kier molecular flexibility index (Phi) is 5.15. The number of hydrogen-bond acceptors (Lipinski definition) is 5. The lowest BCUT2D eigenvalue weighted by Gasteiger charge is -2.49. The van der Waals surface area contributed by atoms with Gasteiger partial charge in [0.25, 0.3) is 0 Å². The highest BCUT2D eigenvalue weighted by atomic mass is 32.2. The molecule has 0 N–H and O–H groups in total. The van der Waals surface area contributed by atoms with Crippen molar-refractivity contribution in [2.24, 2.45) is 5.41 Å². The van der Waals surface area contributed by atoms with Crippen molar-refractivity contribution in [2.45, 2.75) is 30.3 Å². The van der Waals surface area contributed by atoms with Crippen molar-refractivity contribution < 1.29 is 22.6 Å². The van der Waals surface area contributed by atoms with Gasteiger partial charge in [0.15, 0.2) is 0 Å². The molecule has 0 aromatic heterocycles. The summed E-state index contributed by atoms with van der Waals surface area (Å²) < 4.78 is 44.0. The number of piperidine rings is 1. The zero-order valence-electron chi connectivity index (χ0n) is 14.2. The van der Waals surface area contributed by atoms with Gasteiger partial charge in [-0.05, 0) is 43.5 Å². The summed E-state index contributed by atoms with van der Waals surface area (Å²) in [7, 11) is -0.302. The number of rotatable bonds is 5.